The lowest BCUT2D eigenvalue weighted by molar-refractivity contribution is 0.190. The molecule has 5 rings (SSSR count). The van der Waals surface area contributed by atoms with Crippen LogP contribution in [0.1, 0.15) is 29.9 Å². The van der Waals surface area contributed by atoms with Crippen LogP contribution < -0.4 is 17.0 Å². The number of nitrogens with zero attached hydrogens (tertiary/aromatic N) is 4. The van der Waals surface area contributed by atoms with Crippen LogP contribution in [0.4, 0.5) is 4.79 Å². The molecule has 0 bridgehead atoms. The molecule has 2 fully saturated rings. The second-order valence-electron chi connectivity index (χ2n) is 10.1. The lowest BCUT2D eigenvalue weighted by atomic mass is 9.89. The molecule has 11 nitrogen and oxygen atoms in total. The molecular weight excluding hydrogens is 508 g/mol. The van der Waals surface area contributed by atoms with E-state index in [9.17, 15) is 22.8 Å². The van der Waals surface area contributed by atoms with Gasteiger partial charge in [-0.25, -0.2) is 18.0 Å². The zero-order valence-electron chi connectivity index (χ0n) is 21.3. The van der Waals surface area contributed by atoms with Crippen LogP contribution in [-0.4, -0.2) is 84.4 Å². The van der Waals surface area contributed by atoms with Crippen molar-refractivity contribution in [1.29, 1.82) is 0 Å². The van der Waals surface area contributed by atoms with Gasteiger partial charge in [0, 0.05) is 39.3 Å². The van der Waals surface area contributed by atoms with Gasteiger partial charge < -0.3 is 20.5 Å². The Hall–Kier alpha value is -3.48. The Morgan fingerprint density at radius 3 is 2.26 bits per heavy atom. The number of likely N-dealkylation sites (tertiary alicyclic amines) is 1. The minimum Gasteiger partial charge on any atom is -0.351 e. The van der Waals surface area contributed by atoms with Crippen LogP contribution in [0.5, 0.6) is 0 Å². The van der Waals surface area contributed by atoms with Gasteiger partial charge in [-0.2, -0.15) is 4.31 Å². The third-order valence-electron chi connectivity index (χ3n) is 7.65. The first-order valence-electron chi connectivity index (χ1n) is 12.7. The number of aromatic amines is 1. The van der Waals surface area contributed by atoms with Crippen molar-refractivity contribution in [2.45, 2.75) is 30.2 Å². The van der Waals surface area contributed by atoms with Crippen molar-refractivity contribution in [2.24, 2.45) is 5.73 Å². The van der Waals surface area contributed by atoms with E-state index in [1.807, 2.05) is 19.2 Å². The number of piperazine rings is 1. The molecule has 3 N–H and O–H groups in total. The topological polar surface area (TPSA) is 142 Å². The molecule has 202 valence electrons. The summed E-state index contributed by atoms with van der Waals surface area (Å²) in [4.78, 5) is 44.2. The Balaban J connectivity index is 1.37. The molecule has 0 saturated carbocycles. The molecule has 2 aliphatic heterocycles. The number of benzene rings is 2. The van der Waals surface area contributed by atoms with Crippen LogP contribution in [0.15, 0.2) is 56.9 Å². The van der Waals surface area contributed by atoms with Gasteiger partial charge in [-0.15, -0.1) is 0 Å². The van der Waals surface area contributed by atoms with Crippen LogP contribution in [0.25, 0.3) is 10.9 Å². The lowest BCUT2D eigenvalue weighted by Gasteiger charge is -2.31. The van der Waals surface area contributed by atoms with E-state index in [-0.39, 0.29) is 17.4 Å². The van der Waals surface area contributed by atoms with E-state index in [2.05, 4.69) is 9.88 Å². The van der Waals surface area contributed by atoms with Crippen molar-refractivity contribution < 1.29 is 13.2 Å². The van der Waals surface area contributed by atoms with Gasteiger partial charge >= 0.3 is 11.7 Å². The maximum atomic E-state index is 13.4. The van der Waals surface area contributed by atoms with Gasteiger partial charge in [-0.1, -0.05) is 18.2 Å². The first-order valence-corrected chi connectivity index (χ1v) is 14.2. The monoisotopic (exact) mass is 540 g/mol. The van der Waals surface area contributed by atoms with E-state index < -0.39 is 27.3 Å². The standard InChI is InChI=1S/C26H32N6O5S/c1-29-12-14-31(15-13-29)38(36,37)21-5-2-18(3-6-21)17-32-24(33)22-16-20(4-7-23(22)28-26(32)35)19-8-10-30(11-9-19)25(27)34/h2-7,16,19H,8-15,17H2,1H3,(H2,27,34)(H,28,35). The second kappa shape index (κ2) is 10.4. The number of fused-ring (bicyclic) bond motifs is 1. The second-order valence-corrected chi connectivity index (χ2v) is 12.0. The molecule has 0 radical (unpaired) electrons. The molecule has 0 spiro atoms. The smallest absolute Gasteiger partial charge is 0.329 e. The van der Waals surface area contributed by atoms with Gasteiger partial charge in [0.2, 0.25) is 10.0 Å². The van der Waals surface area contributed by atoms with Crippen molar-refractivity contribution in [3.8, 4) is 0 Å². The lowest BCUT2D eigenvalue weighted by Crippen LogP contribution is -2.47. The largest absolute Gasteiger partial charge is 0.351 e. The number of likely N-dealkylation sites (N-methyl/N-ethyl adjacent to an activating group) is 1. The maximum Gasteiger partial charge on any atom is 0.329 e. The van der Waals surface area contributed by atoms with Gasteiger partial charge in [0.05, 0.1) is 22.3 Å². The van der Waals surface area contributed by atoms with Crippen LogP contribution in [0.2, 0.25) is 0 Å². The molecule has 0 aliphatic carbocycles. The van der Waals surface area contributed by atoms with Crippen LogP contribution in [-0.2, 0) is 16.6 Å². The summed E-state index contributed by atoms with van der Waals surface area (Å²) in [7, 11) is -1.64. The average Bonchev–Trinajstić information content (AvgIpc) is 2.91. The molecule has 2 saturated heterocycles. The SMILES string of the molecule is CN1CCN(S(=O)(=O)c2ccc(Cn3c(=O)[nH]c4ccc(C5CCN(C(N)=O)CC5)cc4c3=O)cc2)CC1. The van der Waals surface area contributed by atoms with E-state index in [1.165, 1.54) is 16.4 Å². The van der Waals surface area contributed by atoms with Crippen LogP contribution in [0.3, 0.4) is 0 Å². The van der Waals surface area contributed by atoms with Crippen LogP contribution >= 0.6 is 0 Å². The Morgan fingerprint density at radius 2 is 1.63 bits per heavy atom. The summed E-state index contributed by atoms with van der Waals surface area (Å²) in [6.07, 6.45) is 1.49. The number of amides is 2. The number of hydrogen-bond acceptors (Lipinski definition) is 6. The van der Waals surface area contributed by atoms with Crippen molar-refractivity contribution >= 4 is 27.0 Å². The van der Waals surface area contributed by atoms with Crippen LogP contribution in [0, 0.1) is 0 Å². The average molecular weight is 541 g/mol. The minimum absolute atomic E-state index is 0.0141. The van der Waals surface area contributed by atoms with Crippen molar-refractivity contribution in [2.75, 3.05) is 46.3 Å². The number of primary amides is 1. The number of nitrogens with one attached hydrogen (secondary N) is 1. The fourth-order valence-corrected chi connectivity index (χ4v) is 6.65. The molecule has 2 aliphatic rings. The molecule has 2 aromatic carbocycles. The Kier molecular flexibility index (Phi) is 7.12. The number of H-pyrrole nitrogens is 1. The normalized spacial score (nSPS) is 18.2. The molecular formula is C26H32N6O5S. The molecule has 12 heteroatoms. The summed E-state index contributed by atoms with van der Waals surface area (Å²) in [5.74, 6) is 0.185. The highest BCUT2D eigenvalue weighted by Crippen LogP contribution is 2.29. The number of urea groups is 1. The predicted octanol–water partition coefficient (Wildman–Crippen LogP) is 0.932. The summed E-state index contributed by atoms with van der Waals surface area (Å²) in [6.45, 7) is 3.38. The van der Waals surface area contributed by atoms with E-state index in [1.54, 1.807) is 23.1 Å². The third-order valence-corrected chi connectivity index (χ3v) is 9.56. The van der Waals surface area contributed by atoms with Gasteiger partial charge in [-0.3, -0.25) is 9.36 Å². The zero-order chi connectivity index (χ0) is 27.0. The van der Waals surface area contributed by atoms with Gasteiger partial charge in [-0.05, 0) is 61.2 Å². The quantitative estimate of drug-likeness (QED) is 0.493. The molecule has 0 unspecified atom stereocenters. The zero-order valence-corrected chi connectivity index (χ0v) is 22.1. The summed E-state index contributed by atoms with van der Waals surface area (Å²) in [5, 5.41) is 0.411. The summed E-state index contributed by atoms with van der Waals surface area (Å²) in [5.41, 5.74) is 6.53. The Bertz CT molecular complexity index is 1560. The summed E-state index contributed by atoms with van der Waals surface area (Å²) >= 11 is 0. The number of nitrogens with two attached hydrogens (primary N) is 1. The van der Waals surface area contributed by atoms with Crippen molar-refractivity contribution in [1.82, 2.24) is 23.7 Å². The fraction of sp³-hybridized carbons (Fsp3) is 0.423. The molecule has 3 heterocycles. The van der Waals surface area contributed by atoms with E-state index in [0.29, 0.717) is 55.7 Å². The number of carbonyl (C=O) groups is 1. The molecule has 3 aromatic rings. The highest BCUT2D eigenvalue weighted by molar-refractivity contribution is 7.89. The van der Waals surface area contributed by atoms with E-state index in [4.69, 9.17) is 5.73 Å². The van der Waals surface area contributed by atoms with Gasteiger partial charge in [0.1, 0.15) is 0 Å². The number of hydrogen-bond donors (Lipinski definition) is 2. The number of piperidine rings is 1. The molecule has 2 amide bonds. The molecule has 38 heavy (non-hydrogen) atoms. The van der Waals surface area contributed by atoms with Crippen molar-refractivity contribution in [3.63, 3.8) is 0 Å². The Labute approximate surface area is 220 Å². The third kappa shape index (κ3) is 5.11. The molecule has 0 atom stereocenters. The number of aromatic nitrogens is 2. The predicted molar refractivity (Wildman–Crippen MR) is 144 cm³/mol. The fourth-order valence-electron chi connectivity index (χ4n) is 5.23. The Morgan fingerprint density at radius 1 is 0.974 bits per heavy atom. The van der Waals surface area contributed by atoms with Crippen molar-refractivity contribution in [3.05, 3.63) is 74.4 Å². The molecule has 1 aromatic heterocycles. The van der Waals surface area contributed by atoms with E-state index in [0.717, 1.165) is 23.0 Å². The number of carbonyl (C=O) groups excluding carboxylic acids is 1. The first kappa shape index (κ1) is 26.1. The van der Waals surface area contributed by atoms with Gasteiger partial charge in [0.25, 0.3) is 5.56 Å². The highest BCUT2D eigenvalue weighted by atomic mass is 32.2. The minimum atomic E-state index is -3.60. The highest BCUT2D eigenvalue weighted by Gasteiger charge is 2.27. The number of rotatable bonds is 5. The van der Waals surface area contributed by atoms with Gasteiger partial charge in [0.15, 0.2) is 0 Å². The first-order chi connectivity index (χ1) is 18.1. The van der Waals surface area contributed by atoms with E-state index >= 15 is 0 Å². The summed E-state index contributed by atoms with van der Waals surface area (Å²) < 4.78 is 28.6. The summed E-state index contributed by atoms with van der Waals surface area (Å²) in [6, 6.07) is 11.4. The number of sulfonamides is 1. The maximum absolute atomic E-state index is 13.4.